The second kappa shape index (κ2) is 4.67. The van der Waals surface area contributed by atoms with Gasteiger partial charge in [-0.05, 0) is 19.2 Å². The molecule has 0 fully saturated rings. The molecule has 0 saturated carbocycles. The first-order chi connectivity index (χ1) is 6.24. The summed E-state index contributed by atoms with van der Waals surface area (Å²) in [6, 6.07) is 2.48. The van der Waals surface area contributed by atoms with Gasteiger partial charge in [-0.1, -0.05) is 12.2 Å². The van der Waals surface area contributed by atoms with Crippen molar-refractivity contribution in [3.63, 3.8) is 0 Å². The maximum absolute atomic E-state index is 12.9. The van der Waals surface area contributed by atoms with E-state index in [2.05, 4.69) is 10.3 Å². The number of hydrogen-bond donors (Lipinski definition) is 1. The molecule has 1 aromatic rings. The normalized spacial score (nSPS) is 11.0. The van der Waals surface area contributed by atoms with Crippen LogP contribution < -0.4 is 5.32 Å². The maximum Gasteiger partial charge on any atom is 0.222 e. The third-order valence-electron chi connectivity index (χ3n) is 1.46. The SMILES string of the molecule is CNCC=Cc1ccc(F)nc1F. The van der Waals surface area contributed by atoms with E-state index in [4.69, 9.17) is 0 Å². The fourth-order valence-corrected chi connectivity index (χ4v) is 0.851. The first-order valence-electron chi connectivity index (χ1n) is 3.87. The highest BCUT2D eigenvalue weighted by Crippen LogP contribution is 2.06. The molecule has 0 spiro atoms. The minimum Gasteiger partial charge on any atom is -0.316 e. The second-order valence-electron chi connectivity index (χ2n) is 2.47. The van der Waals surface area contributed by atoms with E-state index < -0.39 is 11.9 Å². The van der Waals surface area contributed by atoms with Crippen LogP contribution in [0.5, 0.6) is 0 Å². The summed E-state index contributed by atoms with van der Waals surface area (Å²) in [4.78, 5) is 3.05. The van der Waals surface area contributed by atoms with Crippen LogP contribution in [-0.2, 0) is 0 Å². The lowest BCUT2D eigenvalue weighted by atomic mass is 10.2. The minimum atomic E-state index is -0.803. The van der Waals surface area contributed by atoms with Gasteiger partial charge in [0.2, 0.25) is 11.9 Å². The molecule has 70 valence electrons. The Bertz CT molecular complexity index is 310. The molecule has 0 unspecified atom stereocenters. The van der Waals surface area contributed by atoms with Crippen LogP contribution in [-0.4, -0.2) is 18.6 Å². The van der Waals surface area contributed by atoms with Crippen molar-refractivity contribution >= 4 is 6.08 Å². The smallest absolute Gasteiger partial charge is 0.222 e. The number of hydrogen-bond acceptors (Lipinski definition) is 2. The second-order valence-corrected chi connectivity index (χ2v) is 2.47. The quantitative estimate of drug-likeness (QED) is 0.721. The molecule has 4 heteroatoms. The summed E-state index contributed by atoms with van der Waals surface area (Å²) in [6.45, 7) is 0.636. The Morgan fingerprint density at radius 1 is 1.46 bits per heavy atom. The highest BCUT2D eigenvalue weighted by molar-refractivity contribution is 5.48. The van der Waals surface area contributed by atoms with Gasteiger partial charge in [0.05, 0.1) is 0 Å². The molecular formula is C9H10F2N2. The molecular weight excluding hydrogens is 174 g/mol. The number of nitrogens with one attached hydrogen (secondary N) is 1. The summed E-state index contributed by atoms with van der Waals surface area (Å²) >= 11 is 0. The first kappa shape index (κ1) is 9.80. The van der Waals surface area contributed by atoms with Crippen molar-refractivity contribution in [2.75, 3.05) is 13.6 Å². The zero-order valence-corrected chi connectivity index (χ0v) is 7.22. The maximum atomic E-state index is 12.9. The molecule has 0 amide bonds. The molecule has 1 aromatic heterocycles. The molecule has 1 N–H and O–H groups in total. The summed E-state index contributed by atoms with van der Waals surface area (Å²) < 4.78 is 25.2. The highest BCUT2D eigenvalue weighted by Gasteiger charge is 2.00. The van der Waals surface area contributed by atoms with Crippen molar-refractivity contribution in [2.45, 2.75) is 0 Å². The van der Waals surface area contributed by atoms with Crippen LogP contribution in [0.2, 0.25) is 0 Å². The van der Waals surface area contributed by atoms with Crippen LogP contribution in [0.25, 0.3) is 6.08 Å². The Balaban J connectivity index is 2.77. The molecule has 0 aromatic carbocycles. The van der Waals surface area contributed by atoms with Gasteiger partial charge in [0.25, 0.3) is 0 Å². The number of likely N-dealkylation sites (N-methyl/N-ethyl adjacent to an activating group) is 1. The fourth-order valence-electron chi connectivity index (χ4n) is 0.851. The van der Waals surface area contributed by atoms with Gasteiger partial charge in [0, 0.05) is 12.1 Å². The van der Waals surface area contributed by atoms with E-state index in [1.165, 1.54) is 6.07 Å². The van der Waals surface area contributed by atoms with Gasteiger partial charge < -0.3 is 5.32 Å². The van der Waals surface area contributed by atoms with E-state index in [-0.39, 0.29) is 5.56 Å². The van der Waals surface area contributed by atoms with E-state index in [1.54, 1.807) is 19.2 Å². The van der Waals surface area contributed by atoms with E-state index >= 15 is 0 Å². The van der Waals surface area contributed by atoms with Crippen LogP contribution in [0.4, 0.5) is 8.78 Å². The topological polar surface area (TPSA) is 24.9 Å². The van der Waals surface area contributed by atoms with Crippen molar-refractivity contribution in [1.82, 2.24) is 10.3 Å². The molecule has 0 saturated heterocycles. The highest BCUT2D eigenvalue weighted by atomic mass is 19.1. The predicted octanol–water partition coefficient (Wildman–Crippen LogP) is 1.59. The molecule has 0 aliphatic heterocycles. The first-order valence-corrected chi connectivity index (χ1v) is 3.87. The zero-order valence-electron chi connectivity index (χ0n) is 7.22. The Hall–Kier alpha value is -1.29. The Labute approximate surface area is 75.3 Å². The Morgan fingerprint density at radius 2 is 2.23 bits per heavy atom. The Kier molecular flexibility index (Phi) is 3.52. The van der Waals surface area contributed by atoms with Crippen LogP contribution in [0.15, 0.2) is 18.2 Å². The van der Waals surface area contributed by atoms with Crippen molar-refractivity contribution in [3.8, 4) is 0 Å². The number of pyridine rings is 1. The number of aromatic nitrogens is 1. The molecule has 0 bridgehead atoms. The van der Waals surface area contributed by atoms with E-state index in [0.29, 0.717) is 6.54 Å². The van der Waals surface area contributed by atoms with Crippen molar-refractivity contribution in [2.24, 2.45) is 0 Å². The van der Waals surface area contributed by atoms with Gasteiger partial charge in [-0.25, -0.2) is 0 Å². The summed E-state index contributed by atoms with van der Waals surface area (Å²) in [6.07, 6.45) is 3.29. The van der Waals surface area contributed by atoms with Crippen molar-refractivity contribution < 1.29 is 8.78 Å². The van der Waals surface area contributed by atoms with Crippen LogP contribution in [0.3, 0.4) is 0 Å². The number of nitrogens with zero attached hydrogens (tertiary/aromatic N) is 1. The molecule has 1 rings (SSSR count). The minimum absolute atomic E-state index is 0.289. The lowest BCUT2D eigenvalue weighted by Crippen LogP contribution is -2.03. The van der Waals surface area contributed by atoms with E-state index in [1.807, 2.05) is 0 Å². The monoisotopic (exact) mass is 184 g/mol. The van der Waals surface area contributed by atoms with Gasteiger partial charge >= 0.3 is 0 Å². The zero-order chi connectivity index (χ0) is 9.68. The fraction of sp³-hybridized carbons (Fsp3) is 0.222. The summed E-state index contributed by atoms with van der Waals surface area (Å²) in [5.41, 5.74) is 0.289. The predicted molar refractivity (Wildman–Crippen MR) is 47.1 cm³/mol. The van der Waals surface area contributed by atoms with Crippen LogP contribution in [0, 0.1) is 11.9 Å². The largest absolute Gasteiger partial charge is 0.316 e. The molecule has 0 atom stereocenters. The van der Waals surface area contributed by atoms with Gasteiger partial charge in [-0.3, -0.25) is 0 Å². The number of rotatable bonds is 3. The molecule has 13 heavy (non-hydrogen) atoms. The van der Waals surface area contributed by atoms with Gasteiger partial charge in [-0.15, -0.1) is 0 Å². The molecule has 0 aliphatic rings. The van der Waals surface area contributed by atoms with Crippen LogP contribution >= 0.6 is 0 Å². The average molecular weight is 184 g/mol. The molecule has 2 nitrogen and oxygen atoms in total. The van der Waals surface area contributed by atoms with Crippen molar-refractivity contribution in [1.29, 1.82) is 0 Å². The third-order valence-corrected chi connectivity index (χ3v) is 1.46. The van der Waals surface area contributed by atoms with Gasteiger partial charge in [-0.2, -0.15) is 13.8 Å². The third kappa shape index (κ3) is 2.91. The average Bonchev–Trinajstić information content (AvgIpc) is 2.09. The number of halogens is 2. The summed E-state index contributed by atoms with van der Waals surface area (Å²) in [5.74, 6) is -1.59. The van der Waals surface area contributed by atoms with Crippen LogP contribution in [0.1, 0.15) is 5.56 Å². The van der Waals surface area contributed by atoms with E-state index in [9.17, 15) is 8.78 Å². The van der Waals surface area contributed by atoms with Crippen molar-refractivity contribution in [3.05, 3.63) is 35.7 Å². The standard InChI is InChI=1S/C9H10F2N2/c1-12-6-2-3-7-4-5-8(10)13-9(7)11/h2-5,12H,6H2,1H3. The lowest BCUT2D eigenvalue weighted by molar-refractivity contribution is 0.511. The molecule has 0 aliphatic carbocycles. The van der Waals surface area contributed by atoms with E-state index in [0.717, 1.165) is 6.07 Å². The molecule has 0 radical (unpaired) electrons. The Morgan fingerprint density at radius 3 is 2.85 bits per heavy atom. The summed E-state index contributed by atoms with van der Waals surface area (Å²) in [5, 5.41) is 2.87. The molecule has 1 heterocycles. The lowest BCUT2D eigenvalue weighted by Gasteiger charge is -1.95. The van der Waals surface area contributed by atoms with Gasteiger partial charge in [0.15, 0.2) is 0 Å². The van der Waals surface area contributed by atoms with Gasteiger partial charge in [0.1, 0.15) is 0 Å². The summed E-state index contributed by atoms with van der Waals surface area (Å²) in [7, 11) is 1.78.